The molecule has 1 atom stereocenters. The summed E-state index contributed by atoms with van der Waals surface area (Å²) in [6.07, 6.45) is -0.630. The number of hydrogen-bond acceptors (Lipinski definition) is 4. The molecule has 5 nitrogen and oxygen atoms in total. The number of halogens is 1. The molecule has 0 radical (unpaired) electrons. The van der Waals surface area contributed by atoms with E-state index < -0.39 is 6.10 Å². The van der Waals surface area contributed by atoms with Crippen LogP contribution in [0.15, 0.2) is 30.3 Å². The van der Waals surface area contributed by atoms with Crippen LogP contribution < -0.4 is 19.5 Å². The first-order valence-corrected chi connectivity index (χ1v) is 8.65. The van der Waals surface area contributed by atoms with Crippen molar-refractivity contribution < 1.29 is 19.0 Å². The molecule has 2 aromatic carbocycles. The fourth-order valence-corrected chi connectivity index (χ4v) is 2.66. The zero-order valence-corrected chi connectivity index (χ0v) is 16.4. The highest BCUT2D eigenvalue weighted by atomic mass is 35.5. The van der Waals surface area contributed by atoms with Crippen LogP contribution in [0.1, 0.15) is 23.6 Å². The summed E-state index contributed by atoms with van der Waals surface area (Å²) < 4.78 is 16.2. The zero-order valence-electron chi connectivity index (χ0n) is 15.7. The summed E-state index contributed by atoms with van der Waals surface area (Å²) >= 11 is 6.16. The van der Waals surface area contributed by atoms with Crippen molar-refractivity contribution in [2.24, 2.45) is 0 Å². The number of hydrogen-bond donors (Lipinski definition) is 1. The monoisotopic (exact) mass is 377 g/mol. The zero-order chi connectivity index (χ0) is 19.3. The maximum absolute atomic E-state index is 12.3. The van der Waals surface area contributed by atoms with Crippen LogP contribution in [0.2, 0.25) is 5.02 Å². The molecule has 0 fully saturated rings. The summed E-state index contributed by atoms with van der Waals surface area (Å²) in [6.45, 7) is 5.89. The number of aryl methyl sites for hydroxylation is 2. The number of amides is 1. The molecular formula is C20H24ClNO4. The second-order valence-corrected chi connectivity index (χ2v) is 6.42. The SMILES string of the molecule is COc1ccc(CNC(=O)[C@@H](C)Oc2cc(C)c(Cl)c(C)c2)cc1OC. The molecule has 0 spiro atoms. The molecule has 0 aliphatic carbocycles. The number of carbonyl (C=O) groups is 1. The third-order valence-corrected chi connectivity index (χ3v) is 4.60. The largest absolute Gasteiger partial charge is 0.493 e. The Balaban J connectivity index is 1.97. The van der Waals surface area contributed by atoms with Crippen LogP contribution in [0.3, 0.4) is 0 Å². The predicted octanol–water partition coefficient (Wildman–Crippen LogP) is 4.06. The molecule has 0 saturated heterocycles. The van der Waals surface area contributed by atoms with Crippen LogP contribution >= 0.6 is 11.6 Å². The first-order valence-electron chi connectivity index (χ1n) is 8.27. The molecule has 2 aromatic rings. The van der Waals surface area contributed by atoms with E-state index in [0.29, 0.717) is 28.8 Å². The lowest BCUT2D eigenvalue weighted by Crippen LogP contribution is -2.35. The van der Waals surface area contributed by atoms with Gasteiger partial charge in [-0.1, -0.05) is 17.7 Å². The Morgan fingerprint density at radius 2 is 1.69 bits per heavy atom. The van der Waals surface area contributed by atoms with Crippen LogP contribution in [-0.4, -0.2) is 26.2 Å². The van der Waals surface area contributed by atoms with Gasteiger partial charge in [-0.25, -0.2) is 0 Å². The average molecular weight is 378 g/mol. The van der Waals surface area contributed by atoms with Crippen molar-refractivity contribution in [2.75, 3.05) is 14.2 Å². The quantitative estimate of drug-likeness (QED) is 0.790. The fourth-order valence-electron chi connectivity index (χ4n) is 2.56. The fraction of sp³-hybridized carbons (Fsp3) is 0.350. The van der Waals surface area contributed by atoms with E-state index in [0.717, 1.165) is 16.7 Å². The number of nitrogens with one attached hydrogen (secondary N) is 1. The Hall–Kier alpha value is -2.40. The van der Waals surface area contributed by atoms with Gasteiger partial charge < -0.3 is 19.5 Å². The van der Waals surface area contributed by atoms with Crippen molar-refractivity contribution in [2.45, 2.75) is 33.4 Å². The van der Waals surface area contributed by atoms with Gasteiger partial charge in [0.15, 0.2) is 17.6 Å². The Morgan fingerprint density at radius 1 is 1.08 bits per heavy atom. The molecule has 0 heterocycles. The molecule has 2 rings (SSSR count). The maximum atomic E-state index is 12.3. The van der Waals surface area contributed by atoms with Crippen molar-refractivity contribution in [3.05, 3.63) is 52.0 Å². The number of methoxy groups -OCH3 is 2. The molecule has 1 amide bonds. The van der Waals surface area contributed by atoms with E-state index in [4.69, 9.17) is 25.8 Å². The minimum atomic E-state index is -0.630. The van der Waals surface area contributed by atoms with Crippen molar-refractivity contribution in [3.63, 3.8) is 0 Å². The molecule has 1 N–H and O–H groups in total. The Labute approximate surface area is 159 Å². The molecular weight excluding hydrogens is 354 g/mol. The molecule has 0 unspecified atom stereocenters. The van der Waals surface area contributed by atoms with Crippen molar-refractivity contribution >= 4 is 17.5 Å². The summed E-state index contributed by atoms with van der Waals surface area (Å²) in [6, 6.07) is 9.16. The van der Waals surface area contributed by atoms with Crippen molar-refractivity contribution in [1.82, 2.24) is 5.32 Å². The smallest absolute Gasteiger partial charge is 0.261 e. The van der Waals surface area contributed by atoms with Gasteiger partial charge in [0.25, 0.3) is 5.91 Å². The lowest BCUT2D eigenvalue weighted by atomic mass is 10.1. The minimum absolute atomic E-state index is 0.204. The second kappa shape index (κ2) is 8.81. The van der Waals surface area contributed by atoms with Gasteiger partial charge in [-0.05, 0) is 61.7 Å². The number of carbonyl (C=O) groups excluding carboxylic acids is 1. The third-order valence-electron chi connectivity index (χ3n) is 4.01. The number of benzene rings is 2. The average Bonchev–Trinajstić information content (AvgIpc) is 2.63. The van der Waals surface area contributed by atoms with Crippen LogP contribution in [-0.2, 0) is 11.3 Å². The number of rotatable bonds is 7. The van der Waals surface area contributed by atoms with Crippen LogP contribution in [0.4, 0.5) is 0 Å². The van der Waals surface area contributed by atoms with Gasteiger partial charge in [0, 0.05) is 11.6 Å². The van der Waals surface area contributed by atoms with Gasteiger partial charge in [0.1, 0.15) is 5.75 Å². The summed E-state index contributed by atoms with van der Waals surface area (Å²) in [5.74, 6) is 1.69. The maximum Gasteiger partial charge on any atom is 0.261 e. The van der Waals surface area contributed by atoms with Crippen LogP contribution in [0, 0.1) is 13.8 Å². The van der Waals surface area contributed by atoms with E-state index in [1.54, 1.807) is 27.2 Å². The normalized spacial score (nSPS) is 11.6. The van der Waals surface area contributed by atoms with E-state index in [1.807, 2.05) is 38.1 Å². The third kappa shape index (κ3) is 4.82. The Morgan fingerprint density at radius 3 is 2.27 bits per heavy atom. The lowest BCUT2D eigenvalue weighted by molar-refractivity contribution is -0.127. The van der Waals surface area contributed by atoms with Crippen LogP contribution in [0.25, 0.3) is 0 Å². The first kappa shape index (κ1) is 19.9. The Bertz CT molecular complexity index is 768. The van der Waals surface area contributed by atoms with Gasteiger partial charge in [-0.3, -0.25) is 4.79 Å². The van der Waals surface area contributed by atoms with E-state index in [2.05, 4.69) is 5.32 Å². The van der Waals surface area contributed by atoms with E-state index in [1.165, 1.54) is 0 Å². The molecule has 26 heavy (non-hydrogen) atoms. The molecule has 0 aromatic heterocycles. The summed E-state index contributed by atoms with van der Waals surface area (Å²) in [5.41, 5.74) is 2.74. The summed E-state index contributed by atoms with van der Waals surface area (Å²) in [7, 11) is 3.16. The van der Waals surface area contributed by atoms with Gasteiger partial charge in [-0.15, -0.1) is 0 Å². The van der Waals surface area contributed by atoms with Gasteiger partial charge in [-0.2, -0.15) is 0 Å². The van der Waals surface area contributed by atoms with Crippen molar-refractivity contribution in [1.29, 1.82) is 0 Å². The summed E-state index contributed by atoms with van der Waals surface area (Å²) in [5, 5.41) is 3.57. The van der Waals surface area contributed by atoms with Gasteiger partial charge >= 0.3 is 0 Å². The van der Waals surface area contributed by atoms with E-state index in [-0.39, 0.29) is 5.91 Å². The molecule has 140 valence electrons. The Kier molecular flexibility index (Phi) is 6.75. The number of ether oxygens (including phenoxy) is 3. The van der Waals surface area contributed by atoms with E-state index >= 15 is 0 Å². The lowest BCUT2D eigenvalue weighted by Gasteiger charge is -2.16. The highest BCUT2D eigenvalue weighted by Gasteiger charge is 2.16. The van der Waals surface area contributed by atoms with Crippen molar-refractivity contribution in [3.8, 4) is 17.2 Å². The topological polar surface area (TPSA) is 56.8 Å². The molecule has 0 aliphatic rings. The standard InChI is InChI=1S/C20H24ClNO4/c1-12-8-16(9-13(2)19(12)21)26-14(3)20(23)22-11-15-6-7-17(24-4)18(10-15)25-5/h6-10,14H,11H2,1-5H3,(H,22,23)/t14-/m1/s1. The second-order valence-electron chi connectivity index (χ2n) is 6.04. The molecule has 0 bridgehead atoms. The molecule has 0 saturated carbocycles. The molecule has 6 heteroatoms. The van der Waals surface area contributed by atoms with Gasteiger partial charge in [0.05, 0.1) is 14.2 Å². The molecule has 0 aliphatic heterocycles. The summed E-state index contributed by atoms with van der Waals surface area (Å²) in [4.78, 5) is 12.3. The van der Waals surface area contributed by atoms with E-state index in [9.17, 15) is 4.79 Å². The minimum Gasteiger partial charge on any atom is -0.493 e. The highest BCUT2D eigenvalue weighted by molar-refractivity contribution is 6.32. The van der Waals surface area contributed by atoms with Crippen LogP contribution in [0.5, 0.6) is 17.2 Å². The first-order chi connectivity index (χ1) is 12.3. The highest BCUT2D eigenvalue weighted by Crippen LogP contribution is 2.28. The van der Waals surface area contributed by atoms with Gasteiger partial charge in [0.2, 0.25) is 0 Å². The predicted molar refractivity (Wildman–Crippen MR) is 102 cm³/mol.